The van der Waals surface area contributed by atoms with Gasteiger partial charge in [0.1, 0.15) is 6.33 Å². The van der Waals surface area contributed by atoms with Crippen LogP contribution in [0.3, 0.4) is 0 Å². The van der Waals surface area contributed by atoms with Gasteiger partial charge in [-0.2, -0.15) is 0 Å². The molecule has 0 aliphatic rings. The van der Waals surface area contributed by atoms with E-state index in [2.05, 4.69) is 15.5 Å². The number of rotatable bonds is 1. The number of hydrogen-bond acceptors (Lipinski definition) is 3. The minimum Gasteiger partial charge on any atom is -0.205 e. The highest BCUT2D eigenvalue weighted by molar-refractivity contribution is 5.38. The third kappa shape index (κ3) is 1.13. The lowest BCUT2D eigenvalue weighted by molar-refractivity contribution is 0.797. The Bertz CT molecular complexity index is 199. The molecule has 0 radical (unpaired) electrons. The Kier molecular flexibility index (Phi) is 1.58. The van der Waals surface area contributed by atoms with Gasteiger partial charge in [0.25, 0.3) is 0 Å². The van der Waals surface area contributed by atoms with Gasteiger partial charge < -0.3 is 0 Å². The standard InChI is InChI=1S/C5H8N4/c1-3-5(2)9-4-6-7-8-9/h3-4H,1-2H3/b5-3+. The fourth-order valence-electron chi connectivity index (χ4n) is 0.455. The van der Waals surface area contributed by atoms with E-state index >= 15 is 0 Å². The van der Waals surface area contributed by atoms with Crippen LogP contribution in [0.2, 0.25) is 0 Å². The summed E-state index contributed by atoms with van der Waals surface area (Å²) in [6.45, 7) is 3.88. The lowest BCUT2D eigenvalue weighted by Crippen LogP contribution is -1.92. The van der Waals surface area contributed by atoms with Crippen LogP contribution in [0.1, 0.15) is 13.8 Å². The predicted molar refractivity (Wildman–Crippen MR) is 33.4 cm³/mol. The minimum atomic E-state index is 1.03. The molecule has 0 aliphatic carbocycles. The molecular weight excluding hydrogens is 116 g/mol. The highest BCUT2D eigenvalue weighted by Gasteiger charge is 1.89. The number of hydrogen-bond donors (Lipinski definition) is 0. The SMILES string of the molecule is C/C=C(\C)n1cnnn1. The third-order valence-electron chi connectivity index (χ3n) is 1.13. The Labute approximate surface area is 53.2 Å². The summed E-state index contributed by atoms with van der Waals surface area (Å²) >= 11 is 0. The quantitative estimate of drug-likeness (QED) is 0.549. The van der Waals surface area contributed by atoms with Crippen molar-refractivity contribution in [3.8, 4) is 0 Å². The van der Waals surface area contributed by atoms with E-state index in [1.807, 2.05) is 19.9 Å². The fourth-order valence-corrected chi connectivity index (χ4v) is 0.455. The predicted octanol–water partition coefficient (Wildman–Crippen LogP) is 0.554. The fraction of sp³-hybridized carbons (Fsp3) is 0.400. The van der Waals surface area contributed by atoms with Gasteiger partial charge in [-0.15, -0.1) is 5.10 Å². The van der Waals surface area contributed by atoms with Crippen LogP contribution in [0.4, 0.5) is 0 Å². The highest BCUT2D eigenvalue weighted by Crippen LogP contribution is 1.95. The van der Waals surface area contributed by atoms with Crippen molar-refractivity contribution in [3.05, 3.63) is 12.4 Å². The molecule has 0 fully saturated rings. The number of nitrogens with zero attached hydrogens (tertiary/aromatic N) is 4. The second-order valence-corrected chi connectivity index (χ2v) is 1.68. The maximum absolute atomic E-state index is 3.67. The van der Waals surface area contributed by atoms with Gasteiger partial charge >= 0.3 is 0 Å². The molecule has 0 amide bonds. The van der Waals surface area contributed by atoms with Crippen molar-refractivity contribution >= 4 is 5.70 Å². The number of aromatic nitrogens is 4. The molecule has 0 aliphatic heterocycles. The molecule has 1 heterocycles. The summed E-state index contributed by atoms with van der Waals surface area (Å²) < 4.78 is 1.61. The normalized spacial score (nSPS) is 12.0. The van der Waals surface area contributed by atoms with E-state index in [0.717, 1.165) is 5.70 Å². The average Bonchev–Trinajstić information content (AvgIpc) is 2.37. The topological polar surface area (TPSA) is 43.6 Å². The van der Waals surface area contributed by atoms with E-state index in [9.17, 15) is 0 Å². The van der Waals surface area contributed by atoms with Crippen molar-refractivity contribution in [2.45, 2.75) is 13.8 Å². The van der Waals surface area contributed by atoms with Crippen molar-refractivity contribution in [2.75, 3.05) is 0 Å². The summed E-state index contributed by atoms with van der Waals surface area (Å²) in [6, 6.07) is 0. The van der Waals surface area contributed by atoms with E-state index in [0.29, 0.717) is 0 Å². The molecule has 0 N–H and O–H groups in total. The Balaban J connectivity index is 2.90. The lowest BCUT2D eigenvalue weighted by Gasteiger charge is -1.92. The van der Waals surface area contributed by atoms with Crippen molar-refractivity contribution in [2.24, 2.45) is 0 Å². The Morgan fingerprint density at radius 1 is 1.67 bits per heavy atom. The molecule has 0 spiro atoms. The molecule has 0 saturated heterocycles. The Morgan fingerprint density at radius 3 is 2.89 bits per heavy atom. The van der Waals surface area contributed by atoms with Gasteiger partial charge in [-0.1, -0.05) is 6.08 Å². The summed E-state index contributed by atoms with van der Waals surface area (Å²) in [5.41, 5.74) is 1.03. The molecule has 0 aromatic carbocycles. The van der Waals surface area contributed by atoms with Crippen LogP contribution in [0.5, 0.6) is 0 Å². The van der Waals surface area contributed by atoms with E-state index < -0.39 is 0 Å². The lowest BCUT2D eigenvalue weighted by atomic mass is 10.5. The zero-order valence-corrected chi connectivity index (χ0v) is 5.44. The number of tetrazole rings is 1. The molecule has 0 atom stereocenters. The highest BCUT2D eigenvalue weighted by atomic mass is 15.5. The van der Waals surface area contributed by atoms with Gasteiger partial charge in [0.15, 0.2) is 0 Å². The maximum atomic E-state index is 3.67. The minimum absolute atomic E-state index is 1.03. The maximum Gasteiger partial charge on any atom is 0.143 e. The van der Waals surface area contributed by atoms with Crippen LogP contribution in [-0.2, 0) is 0 Å². The van der Waals surface area contributed by atoms with Gasteiger partial charge in [0, 0.05) is 5.70 Å². The molecule has 1 rings (SSSR count). The van der Waals surface area contributed by atoms with Crippen molar-refractivity contribution in [1.29, 1.82) is 0 Å². The van der Waals surface area contributed by atoms with Crippen molar-refractivity contribution < 1.29 is 0 Å². The molecule has 9 heavy (non-hydrogen) atoms. The van der Waals surface area contributed by atoms with Gasteiger partial charge in [-0.25, -0.2) is 4.68 Å². The monoisotopic (exact) mass is 124 g/mol. The average molecular weight is 124 g/mol. The zero-order valence-electron chi connectivity index (χ0n) is 5.44. The van der Waals surface area contributed by atoms with Crippen LogP contribution in [0.25, 0.3) is 5.70 Å². The largest absolute Gasteiger partial charge is 0.205 e. The van der Waals surface area contributed by atoms with Gasteiger partial charge in [0.2, 0.25) is 0 Å². The molecule has 1 aromatic rings. The smallest absolute Gasteiger partial charge is 0.143 e. The van der Waals surface area contributed by atoms with Crippen LogP contribution in [-0.4, -0.2) is 20.2 Å². The molecule has 48 valence electrons. The van der Waals surface area contributed by atoms with Crippen LogP contribution in [0, 0.1) is 0 Å². The second-order valence-electron chi connectivity index (χ2n) is 1.68. The van der Waals surface area contributed by atoms with Gasteiger partial charge in [-0.05, 0) is 24.3 Å². The van der Waals surface area contributed by atoms with E-state index in [4.69, 9.17) is 0 Å². The summed E-state index contributed by atoms with van der Waals surface area (Å²) in [5.74, 6) is 0. The Morgan fingerprint density at radius 2 is 2.44 bits per heavy atom. The molecular formula is C5H8N4. The first-order chi connectivity index (χ1) is 4.34. The zero-order chi connectivity index (χ0) is 6.69. The second kappa shape index (κ2) is 2.39. The van der Waals surface area contributed by atoms with Crippen molar-refractivity contribution in [1.82, 2.24) is 20.2 Å². The first kappa shape index (κ1) is 5.94. The summed E-state index contributed by atoms with van der Waals surface area (Å²) in [6.07, 6.45) is 3.51. The van der Waals surface area contributed by atoms with Crippen LogP contribution >= 0.6 is 0 Å². The Hall–Kier alpha value is -1.19. The van der Waals surface area contributed by atoms with E-state index in [-0.39, 0.29) is 0 Å². The summed E-state index contributed by atoms with van der Waals surface area (Å²) in [7, 11) is 0. The summed E-state index contributed by atoms with van der Waals surface area (Å²) in [5, 5.41) is 10.6. The number of allylic oxidation sites excluding steroid dienone is 2. The molecule has 0 bridgehead atoms. The van der Waals surface area contributed by atoms with Gasteiger partial charge in [-0.3, -0.25) is 0 Å². The van der Waals surface area contributed by atoms with Crippen LogP contribution in [0.15, 0.2) is 12.4 Å². The summed E-state index contributed by atoms with van der Waals surface area (Å²) in [4.78, 5) is 0. The van der Waals surface area contributed by atoms with E-state index in [1.165, 1.54) is 0 Å². The first-order valence-electron chi connectivity index (χ1n) is 2.71. The van der Waals surface area contributed by atoms with E-state index in [1.54, 1.807) is 11.0 Å². The molecule has 1 aromatic heterocycles. The first-order valence-corrected chi connectivity index (χ1v) is 2.71. The van der Waals surface area contributed by atoms with Crippen molar-refractivity contribution in [3.63, 3.8) is 0 Å². The molecule has 4 nitrogen and oxygen atoms in total. The van der Waals surface area contributed by atoms with Gasteiger partial charge in [0.05, 0.1) is 0 Å². The van der Waals surface area contributed by atoms with Crippen LogP contribution < -0.4 is 0 Å². The molecule has 0 saturated carbocycles. The molecule has 4 heteroatoms. The third-order valence-corrected chi connectivity index (χ3v) is 1.13. The molecule has 0 unspecified atom stereocenters.